The topological polar surface area (TPSA) is 26.3 Å². The van der Waals surface area contributed by atoms with Crippen LogP contribution in [0.2, 0.25) is 5.02 Å². The van der Waals surface area contributed by atoms with Crippen molar-refractivity contribution in [1.29, 1.82) is 0 Å². The number of carbonyl (C=O) groups excluding carboxylic acids is 1. The second-order valence-electron chi connectivity index (χ2n) is 4.87. The summed E-state index contributed by atoms with van der Waals surface area (Å²) in [6.07, 6.45) is 0. The molecule has 2 nitrogen and oxygen atoms in total. The van der Waals surface area contributed by atoms with Crippen LogP contribution < -0.4 is 0 Å². The lowest BCUT2D eigenvalue weighted by atomic mass is 10.0. The first-order valence-corrected chi connectivity index (χ1v) is 5.59. The van der Waals surface area contributed by atoms with Crippen LogP contribution in [0.1, 0.15) is 42.3 Å². The molecule has 0 bridgehead atoms. The Bertz CT molecular complexity index is 417. The fourth-order valence-electron chi connectivity index (χ4n) is 1.46. The molecule has 88 valence electrons. The van der Waals surface area contributed by atoms with Gasteiger partial charge in [-0.1, -0.05) is 17.7 Å². The van der Waals surface area contributed by atoms with Crippen LogP contribution in [0.5, 0.6) is 0 Å². The SMILES string of the molecule is Cc1ccc(Cl)c(C)c1C(=O)OC(C)(C)C. The Morgan fingerprint density at radius 1 is 1.25 bits per heavy atom. The maximum atomic E-state index is 12.0. The molecular weight excluding hydrogens is 224 g/mol. The zero-order valence-electron chi connectivity index (χ0n) is 10.3. The minimum atomic E-state index is -0.488. The van der Waals surface area contributed by atoms with Crippen LogP contribution in [0, 0.1) is 13.8 Å². The van der Waals surface area contributed by atoms with Crippen molar-refractivity contribution in [3.05, 3.63) is 33.8 Å². The molecule has 16 heavy (non-hydrogen) atoms. The fraction of sp³-hybridized carbons (Fsp3) is 0.462. The summed E-state index contributed by atoms with van der Waals surface area (Å²) < 4.78 is 5.34. The number of ether oxygens (including phenoxy) is 1. The Hall–Kier alpha value is -1.02. The molecule has 0 aliphatic heterocycles. The lowest BCUT2D eigenvalue weighted by Crippen LogP contribution is -2.25. The predicted octanol–water partition coefficient (Wildman–Crippen LogP) is 3.91. The third kappa shape index (κ3) is 2.99. The summed E-state index contributed by atoms with van der Waals surface area (Å²) in [7, 11) is 0. The molecular formula is C13H17ClO2. The number of hydrogen-bond acceptors (Lipinski definition) is 2. The van der Waals surface area contributed by atoms with Crippen molar-refractivity contribution in [2.24, 2.45) is 0 Å². The molecule has 0 saturated carbocycles. The van der Waals surface area contributed by atoms with E-state index in [1.165, 1.54) is 0 Å². The van der Waals surface area contributed by atoms with Crippen molar-refractivity contribution < 1.29 is 9.53 Å². The largest absolute Gasteiger partial charge is 0.456 e. The Balaban J connectivity index is 3.14. The highest BCUT2D eigenvalue weighted by Crippen LogP contribution is 2.24. The zero-order chi connectivity index (χ0) is 12.5. The van der Waals surface area contributed by atoms with Crippen LogP contribution in [-0.2, 0) is 4.74 Å². The number of benzene rings is 1. The van der Waals surface area contributed by atoms with E-state index >= 15 is 0 Å². The van der Waals surface area contributed by atoms with Gasteiger partial charge in [0.2, 0.25) is 0 Å². The van der Waals surface area contributed by atoms with Gasteiger partial charge in [0.15, 0.2) is 0 Å². The van der Waals surface area contributed by atoms with Crippen molar-refractivity contribution in [2.75, 3.05) is 0 Å². The van der Waals surface area contributed by atoms with Gasteiger partial charge in [0.25, 0.3) is 0 Å². The van der Waals surface area contributed by atoms with E-state index in [4.69, 9.17) is 16.3 Å². The van der Waals surface area contributed by atoms with Crippen LogP contribution >= 0.6 is 11.6 Å². The molecule has 0 radical (unpaired) electrons. The smallest absolute Gasteiger partial charge is 0.339 e. The van der Waals surface area contributed by atoms with Gasteiger partial charge < -0.3 is 4.74 Å². The molecule has 0 heterocycles. The molecule has 0 amide bonds. The van der Waals surface area contributed by atoms with Gasteiger partial charge >= 0.3 is 5.97 Å². The molecule has 0 aliphatic rings. The summed E-state index contributed by atoms with van der Waals surface area (Å²) in [6.45, 7) is 9.25. The first-order chi connectivity index (χ1) is 7.22. The average molecular weight is 241 g/mol. The molecule has 0 saturated heterocycles. The normalized spacial score (nSPS) is 11.4. The highest BCUT2D eigenvalue weighted by molar-refractivity contribution is 6.31. The van der Waals surface area contributed by atoms with E-state index in [0.717, 1.165) is 11.1 Å². The van der Waals surface area contributed by atoms with Gasteiger partial charge in [0.05, 0.1) is 5.56 Å². The molecule has 1 rings (SSSR count). The summed E-state index contributed by atoms with van der Waals surface area (Å²) in [5, 5.41) is 0.589. The molecule has 0 unspecified atom stereocenters. The molecule has 3 heteroatoms. The summed E-state index contributed by atoms with van der Waals surface area (Å²) in [6, 6.07) is 3.62. The van der Waals surface area contributed by atoms with Crippen LogP contribution in [-0.4, -0.2) is 11.6 Å². The molecule has 1 aromatic carbocycles. The lowest BCUT2D eigenvalue weighted by molar-refractivity contribution is 0.00680. The number of hydrogen-bond donors (Lipinski definition) is 0. The van der Waals surface area contributed by atoms with Crippen molar-refractivity contribution in [3.63, 3.8) is 0 Å². The van der Waals surface area contributed by atoms with E-state index in [1.54, 1.807) is 6.07 Å². The Labute approximate surface area is 102 Å². The van der Waals surface area contributed by atoms with E-state index in [9.17, 15) is 4.79 Å². The van der Waals surface area contributed by atoms with E-state index in [1.807, 2.05) is 40.7 Å². The van der Waals surface area contributed by atoms with Gasteiger partial charge in [0.1, 0.15) is 5.60 Å². The van der Waals surface area contributed by atoms with Crippen molar-refractivity contribution in [3.8, 4) is 0 Å². The number of aryl methyl sites for hydroxylation is 1. The fourth-order valence-corrected chi connectivity index (χ4v) is 1.62. The average Bonchev–Trinajstić information content (AvgIpc) is 2.09. The van der Waals surface area contributed by atoms with Crippen LogP contribution in [0.4, 0.5) is 0 Å². The third-order valence-electron chi connectivity index (χ3n) is 2.21. The van der Waals surface area contributed by atoms with Crippen LogP contribution in [0.15, 0.2) is 12.1 Å². The Kier molecular flexibility index (Phi) is 3.64. The van der Waals surface area contributed by atoms with Gasteiger partial charge in [-0.3, -0.25) is 0 Å². The third-order valence-corrected chi connectivity index (χ3v) is 2.62. The van der Waals surface area contributed by atoms with Gasteiger partial charge in [-0.15, -0.1) is 0 Å². The maximum Gasteiger partial charge on any atom is 0.339 e. The summed E-state index contributed by atoms with van der Waals surface area (Å²) in [5.41, 5.74) is 1.74. The van der Waals surface area contributed by atoms with E-state index in [-0.39, 0.29) is 5.97 Å². The molecule has 0 aromatic heterocycles. The first kappa shape index (κ1) is 13.0. The van der Waals surface area contributed by atoms with Crippen molar-refractivity contribution in [2.45, 2.75) is 40.2 Å². The van der Waals surface area contributed by atoms with Gasteiger partial charge in [0, 0.05) is 5.02 Å². The van der Waals surface area contributed by atoms with E-state index in [0.29, 0.717) is 10.6 Å². The quantitative estimate of drug-likeness (QED) is 0.696. The van der Waals surface area contributed by atoms with E-state index in [2.05, 4.69) is 0 Å². The second kappa shape index (κ2) is 4.46. The second-order valence-corrected chi connectivity index (χ2v) is 5.27. The van der Waals surface area contributed by atoms with Crippen molar-refractivity contribution in [1.82, 2.24) is 0 Å². The van der Waals surface area contributed by atoms with Gasteiger partial charge in [-0.2, -0.15) is 0 Å². The number of rotatable bonds is 1. The van der Waals surface area contributed by atoms with Crippen molar-refractivity contribution >= 4 is 17.6 Å². The van der Waals surface area contributed by atoms with E-state index < -0.39 is 5.60 Å². The molecule has 0 spiro atoms. The maximum absolute atomic E-state index is 12.0. The molecule has 1 aromatic rings. The first-order valence-electron chi connectivity index (χ1n) is 5.21. The molecule has 0 fully saturated rings. The highest BCUT2D eigenvalue weighted by Gasteiger charge is 2.21. The summed E-state index contributed by atoms with van der Waals surface area (Å²) >= 11 is 5.99. The van der Waals surface area contributed by atoms with Gasteiger partial charge in [-0.25, -0.2) is 4.79 Å². The summed E-state index contributed by atoms with van der Waals surface area (Å²) in [4.78, 5) is 12.0. The van der Waals surface area contributed by atoms with Crippen LogP contribution in [0.3, 0.4) is 0 Å². The minimum absolute atomic E-state index is 0.315. The lowest BCUT2D eigenvalue weighted by Gasteiger charge is -2.21. The molecule has 0 aliphatic carbocycles. The summed E-state index contributed by atoms with van der Waals surface area (Å²) in [5.74, 6) is -0.315. The minimum Gasteiger partial charge on any atom is -0.456 e. The Morgan fingerprint density at radius 3 is 2.31 bits per heavy atom. The number of carbonyl (C=O) groups is 1. The monoisotopic (exact) mass is 240 g/mol. The number of esters is 1. The standard InChI is InChI=1S/C13H17ClO2/c1-8-6-7-10(14)9(2)11(8)12(15)16-13(3,4)5/h6-7H,1-5H3. The van der Waals surface area contributed by atoms with Crippen LogP contribution in [0.25, 0.3) is 0 Å². The molecule has 0 atom stereocenters. The predicted molar refractivity (Wildman–Crippen MR) is 66.1 cm³/mol. The number of halogens is 1. The Morgan fingerprint density at radius 2 is 1.81 bits per heavy atom. The van der Waals surface area contributed by atoms with Gasteiger partial charge in [-0.05, 0) is 51.8 Å². The highest BCUT2D eigenvalue weighted by atomic mass is 35.5. The zero-order valence-corrected chi connectivity index (χ0v) is 11.1. The molecule has 0 N–H and O–H groups in total.